The lowest BCUT2D eigenvalue weighted by atomic mass is 9.83. The molecular formula is C22H31N5O3. The fourth-order valence-electron chi connectivity index (χ4n) is 5.32. The van der Waals surface area contributed by atoms with Crippen LogP contribution in [0.2, 0.25) is 0 Å². The minimum Gasteiger partial charge on any atom is -0.345 e. The van der Waals surface area contributed by atoms with Gasteiger partial charge in [-0.15, -0.1) is 0 Å². The van der Waals surface area contributed by atoms with Crippen molar-refractivity contribution in [2.75, 3.05) is 19.6 Å². The Morgan fingerprint density at radius 3 is 2.40 bits per heavy atom. The molecular weight excluding hydrogens is 382 g/mol. The zero-order chi connectivity index (χ0) is 20.9. The second-order valence-electron chi connectivity index (χ2n) is 8.91. The quantitative estimate of drug-likeness (QED) is 0.736. The minimum atomic E-state index is -0.662. The lowest BCUT2D eigenvalue weighted by Crippen LogP contribution is -2.53. The summed E-state index contributed by atoms with van der Waals surface area (Å²) in [4.78, 5) is 48.1. The molecule has 2 saturated carbocycles. The summed E-state index contributed by atoms with van der Waals surface area (Å²) in [5.74, 6) is 0.609. The van der Waals surface area contributed by atoms with E-state index < -0.39 is 11.9 Å². The summed E-state index contributed by atoms with van der Waals surface area (Å²) in [7, 11) is 0. The first-order valence-electron chi connectivity index (χ1n) is 11.2. The van der Waals surface area contributed by atoms with E-state index in [0.717, 1.165) is 45.2 Å². The summed E-state index contributed by atoms with van der Waals surface area (Å²) in [5, 5.41) is 5.65. The van der Waals surface area contributed by atoms with Gasteiger partial charge in [-0.2, -0.15) is 0 Å². The number of hydrogen-bond donors (Lipinski definition) is 2. The molecule has 3 unspecified atom stereocenters. The van der Waals surface area contributed by atoms with Crippen molar-refractivity contribution in [1.29, 1.82) is 0 Å². The summed E-state index contributed by atoms with van der Waals surface area (Å²) in [6.07, 6.45) is 13.0. The lowest BCUT2D eigenvalue weighted by molar-refractivity contribution is -0.133. The van der Waals surface area contributed by atoms with Crippen molar-refractivity contribution >= 4 is 17.7 Å². The predicted octanol–water partition coefficient (Wildman–Crippen LogP) is 1.53. The molecule has 3 aliphatic rings. The number of nitrogens with one attached hydrogen (secondary N) is 2. The van der Waals surface area contributed by atoms with Crippen molar-refractivity contribution < 1.29 is 14.4 Å². The number of rotatable bonds is 6. The lowest BCUT2D eigenvalue weighted by Gasteiger charge is -2.30. The van der Waals surface area contributed by atoms with Crippen molar-refractivity contribution in [1.82, 2.24) is 25.5 Å². The van der Waals surface area contributed by atoms with Crippen LogP contribution in [0.1, 0.15) is 61.9 Å². The molecule has 1 saturated heterocycles. The molecule has 0 radical (unpaired) electrons. The zero-order valence-corrected chi connectivity index (χ0v) is 17.4. The van der Waals surface area contributed by atoms with Crippen molar-refractivity contribution in [3.8, 4) is 0 Å². The molecule has 2 N–H and O–H groups in total. The highest BCUT2D eigenvalue weighted by atomic mass is 16.2. The van der Waals surface area contributed by atoms with Crippen molar-refractivity contribution in [3.05, 3.63) is 24.3 Å². The third kappa shape index (κ3) is 4.79. The highest BCUT2D eigenvalue weighted by molar-refractivity contribution is 5.96. The van der Waals surface area contributed by atoms with E-state index in [2.05, 4.69) is 20.6 Å². The molecule has 2 aliphatic carbocycles. The Balaban J connectivity index is 1.35. The number of fused-ring (bicyclic) bond motifs is 1. The van der Waals surface area contributed by atoms with E-state index >= 15 is 0 Å². The van der Waals surface area contributed by atoms with Gasteiger partial charge in [0.15, 0.2) is 0 Å². The third-order valence-electron chi connectivity index (χ3n) is 6.98. The molecule has 0 spiro atoms. The van der Waals surface area contributed by atoms with Crippen LogP contribution >= 0.6 is 0 Å². The SMILES string of the molecule is O=C(NC(C(=O)NCC(=O)N1CC2CCCC2C1)C1CCCCC1)c1cnccn1. The summed E-state index contributed by atoms with van der Waals surface area (Å²) in [6, 6.07) is -0.662. The van der Waals surface area contributed by atoms with Gasteiger partial charge in [0.25, 0.3) is 5.91 Å². The van der Waals surface area contributed by atoms with Gasteiger partial charge in [0.1, 0.15) is 11.7 Å². The van der Waals surface area contributed by atoms with E-state index in [0.29, 0.717) is 11.8 Å². The molecule has 3 amide bonds. The van der Waals surface area contributed by atoms with Crippen molar-refractivity contribution in [2.45, 2.75) is 57.4 Å². The highest BCUT2D eigenvalue weighted by Gasteiger charge is 2.38. The Labute approximate surface area is 177 Å². The molecule has 8 nitrogen and oxygen atoms in total. The average molecular weight is 414 g/mol. The number of carbonyl (C=O) groups is 3. The zero-order valence-electron chi connectivity index (χ0n) is 17.4. The number of likely N-dealkylation sites (tertiary alicyclic amines) is 1. The molecule has 1 aromatic rings. The number of nitrogens with zero attached hydrogens (tertiary/aromatic N) is 3. The Kier molecular flexibility index (Phi) is 6.59. The molecule has 0 bridgehead atoms. The number of amides is 3. The third-order valence-corrected chi connectivity index (χ3v) is 6.98. The smallest absolute Gasteiger partial charge is 0.272 e. The molecule has 1 aliphatic heterocycles. The van der Waals surface area contributed by atoms with Crippen LogP contribution in [-0.4, -0.2) is 58.3 Å². The van der Waals surface area contributed by atoms with Gasteiger partial charge in [-0.05, 0) is 43.4 Å². The molecule has 30 heavy (non-hydrogen) atoms. The van der Waals surface area contributed by atoms with E-state index in [4.69, 9.17) is 0 Å². The van der Waals surface area contributed by atoms with Gasteiger partial charge in [0, 0.05) is 25.5 Å². The highest BCUT2D eigenvalue weighted by Crippen LogP contribution is 2.37. The maximum Gasteiger partial charge on any atom is 0.272 e. The normalized spacial score (nSPS) is 24.9. The molecule has 3 atom stereocenters. The largest absolute Gasteiger partial charge is 0.345 e. The first-order valence-corrected chi connectivity index (χ1v) is 11.2. The van der Waals surface area contributed by atoms with E-state index in [1.165, 1.54) is 37.9 Å². The molecule has 2 heterocycles. The van der Waals surface area contributed by atoms with Crippen LogP contribution < -0.4 is 10.6 Å². The van der Waals surface area contributed by atoms with Crippen LogP contribution in [0.3, 0.4) is 0 Å². The van der Waals surface area contributed by atoms with E-state index in [-0.39, 0.29) is 30.0 Å². The molecule has 0 aromatic carbocycles. The van der Waals surface area contributed by atoms with Crippen LogP contribution in [0, 0.1) is 17.8 Å². The Hall–Kier alpha value is -2.51. The summed E-state index contributed by atoms with van der Waals surface area (Å²) in [5.41, 5.74) is 0.186. The van der Waals surface area contributed by atoms with Crippen LogP contribution in [0.4, 0.5) is 0 Å². The maximum atomic E-state index is 13.0. The summed E-state index contributed by atoms with van der Waals surface area (Å²) < 4.78 is 0. The molecule has 4 rings (SSSR count). The number of aromatic nitrogens is 2. The minimum absolute atomic E-state index is 0.0114. The van der Waals surface area contributed by atoms with Gasteiger partial charge >= 0.3 is 0 Å². The summed E-state index contributed by atoms with van der Waals surface area (Å²) >= 11 is 0. The van der Waals surface area contributed by atoms with Crippen molar-refractivity contribution in [2.24, 2.45) is 17.8 Å². The van der Waals surface area contributed by atoms with E-state index in [9.17, 15) is 14.4 Å². The number of carbonyl (C=O) groups excluding carboxylic acids is 3. The predicted molar refractivity (Wildman–Crippen MR) is 110 cm³/mol. The van der Waals surface area contributed by atoms with Gasteiger partial charge < -0.3 is 15.5 Å². The number of hydrogen-bond acceptors (Lipinski definition) is 5. The van der Waals surface area contributed by atoms with Gasteiger partial charge in [-0.1, -0.05) is 25.7 Å². The molecule has 3 fully saturated rings. The second-order valence-corrected chi connectivity index (χ2v) is 8.91. The molecule has 162 valence electrons. The van der Waals surface area contributed by atoms with E-state index in [1.807, 2.05) is 4.90 Å². The maximum absolute atomic E-state index is 13.0. The second kappa shape index (κ2) is 9.53. The van der Waals surface area contributed by atoms with Gasteiger partial charge in [0.2, 0.25) is 11.8 Å². The standard InChI is InChI=1S/C22H31N5O3/c28-19(27-13-16-7-4-8-17(16)14-27)12-25-22(30)20(15-5-2-1-3-6-15)26-21(29)18-11-23-9-10-24-18/h9-11,15-17,20H,1-8,12-14H2,(H,25,30)(H,26,29). The average Bonchev–Trinajstić information content (AvgIpc) is 3.39. The van der Waals surface area contributed by atoms with Gasteiger partial charge in [-0.25, -0.2) is 4.98 Å². The molecule has 1 aromatic heterocycles. The molecule has 8 heteroatoms. The Morgan fingerprint density at radius 2 is 1.73 bits per heavy atom. The first kappa shape index (κ1) is 20.8. The van der Waals surface area contributed by atoms with Gasteiger partial charge in [-0.3, -0.25) is 19.4 Å². The summed E-state index contributed by atoms with van der Waals surface area (Å²) in [6.45, 7) is 1.62. The van der Waals surface area contributed by atoms with Crippen LogP contribution in [0.15, 0.2) is 18.6 Å². The van der Waals surface area contributed by atoms with Crippen LogP contribution in [0.25, 0.3) is 0 Å². The Morgan fingerprint density at radius 1 is 1.00 bits per heavy atom. The van der Waals surface area contributed by atoms with Gasteiger partial charge in [0.05, 0.1) is 12.7 Å². The van der Waals surface area contributed by atoms with Crippen molar-refractivity contribution in [3.63, 3.8) is 0 Å². The fourth-order valence-corrected chi connectivity index (χ4v) is 5.32. The van der Waals surface area contributed by atoms with Crippen LogP contribution in [-0.2, 0) is 9.59 Å². The van der Waals surface area contributed by atoms with Crippen LogP contribution in [0.5, 0.6) is 0 Å². The fraction of sp³-hybridized carbons (Fsp3) is 0.682. The monoisotopic (exact) mass is 413 g/mol. The Bertz CT molecular complexity index is 753. The van der Waals surface area contributed by atoms with E-state index in [1.54, 1.807) is 0 Å². The first-order chi connectivity index (χ1) is 14.6. The topological polar surface area (TPSA) is 104 Å².